The van der Waals surface area contributed by atoms with Crippen molar-refractivity contribution in [1.29, 1.82) is 0 Å². The van der Waals surface area contributed by atoms with Crippen molar-refractivity contribution in [1.82, 2.24) is 5.32 Å². The zero-order valence-electron chi connectivity index (χ0n) is 11.5. The molecule has 0 radical (unpaired) electrons. The summed E-state index contributed by atoms with van der Waals surface area (Å²) in [6.07, 6.45) is 7.17. The van der Waals surface area contributed by atoms with E-state index < -0.39 is 0 Å². The number of nitrogens with one attached hydrogen (secondary N) is 1. The summed E-state index contributed by atoms with van der Waals surface area (Å²) < 4.78 is 11.5. The summed E-state index contributed by atoms with van der Waals surface area (Å²) in [5.74, 6) is 1.98. The molecule has 1 aromatic carbocycles. The quantitative estimate of drug-likeness (QED) is 0.867. The molecule has 1 aromatic heterocycles. The fraction of sp³-hybridized carbons (Fsp3) is 0.412. The third kappa shape index (κ3) is 2.73. The zero-order valence-corrected chi connectivity index (χ0v) is 11.5. The molecule has 0 saturated heterocycles. The molecule has 1 heterocycles. The van der Waals surface area contributed by atoms with Gasteiger partial charge in [0.2, 0.25) is 0 Å². The molecule has 0 aliphatic heterocycles. The molecule has 2 fully saturated rings. The molecular formula is C17H19NO2. The molecule has 2 aliphatic rings. The summed E-state index contributed by atoms with van der Waals surface area (Å²) in [5, 5.41) is 3.50. The fourth-order valence-electron chi connectivity index (χ4n) is 2.37. The van der Waals surface area contributed by atoms with Crippen molar-refractivity contribution in [3.63, 3.8) is 0 Å². The van der Waals surface area contributed by atoms with Crippen molar-refractivity contribution in [3.05, 3.63) is 42.4 Å². The van der Waals surface area contributed by atoms with Gasteiger partial charge in [0.05, 0.1) is 18.9 Å². The highest BCUT2D eigenvalue weighted by molar-refractivity contribution is 5.67. The minimum absolute atomic E-state index is 0.436. The summed E-state index contributed by atoms with van der Waals surface area (Å²) in [4.78, 5) is 0. The Labute approximate surface area is 118 Å². The van der Waals surface area contributed by atoms with Gasteiger partial charge in [-0.15, -0.1) is 0 Å². The molecule has 104 valence electrons. The molecule has 1 N–H and O–H groups in total. The standard InChI is InChI=1S/C17H19NO2/c1-2-12(10-15(3-1)20-14-6-7-14)16-8-9-19-17(16)11-18-13-4-5-13/h1-3,8-10,13-14,18H,4-7,11H2. The average Bonchev–Trinajstić information content (AvgIpc) is 3.39. The zero-order chi connectivity index (χ0) is 13.4. The Morgan fingerprint density at radius 2 is 2.05 bits per heavy atom. The predicted octanol–water partition coefficient (Wildman–Crippen LogP) is 3.74. The second-order valence-corrected chi connectivity index (χ2v) is 5.76. The van der Waals surface area contributed by atoms with Gasteiger partial charge in [0.15, 0.2) is 0 Å². The number of furan rings is 1. The van der Waals surface area contributed by atoms with E-state index in [0.717, 1.165) is 18.1 Å². The molecule has 3 heteroatoms. The van der Waals surface area contributed by atoms with Crippen molar-refractivity contribution in [2.24, 2.45) is 0 Å². The van der Waals surface area contributed by atoms with Crippen molar-refractivity contribution < 1.29 is 9.15 Å². The summed E-state index contributed by atoms with van der Waals surface area (Å²) in [6.45, 7) is 0.806. The van der Waals surface area contributed by atoms with Crippen LogP contribution in [0.25, 0.3) is 11.1 Å². The van der Waals surface area contributed by atoms with Gasteiger partial charge < -0.3 is 14.5 Å². The van der Waals surface area contributed by atoms with Crippen molar-refractivity contribution >= 4 is 0 Å². The lowest BCUT2D eigenvalue weighted by Crippen LogP contribution is -2.15. The van der Waals surface area contributed by atoms with Crippen molar-refractivity contribution in [2.75, 3.05) is 0 Å². The molecule has 0 amide bonds. The minimum Gasteiger partial charge on any atom is -0.490 e. The summed E-state index contributed by atoms with van der Waals surface area (Å²) >= 11 is 0. The smallest absolute Gasteiger partial charge is 0.125 e. The van der Waals surface area contributed by atoms with E-state index >= 15 is 0 Å². The Morgan fingerprint density at radius 1 is 1.15 bits per heavy atom. The van der Waals surface area contributed by atoms with Gasteiger partial charge in [0.25, 0.3) is 0 Å². The third-order valence-electron chi connectivity index (χ3n) is 3.85. The van der Waals surface area contributed by atoms with E-state index in [1.807, 2.05) is 12.1 Å². The van der Waals surface area contributed by atoms with Crippen LogP contribution in [0.3, 0.4) is 0 Å². The van der Waals surface area contributed by atoms with Crippen molar-refractivity contribution in [2.45, 2.75) is 44.4 Å². The van der Waals surface area contributed by atoms with Gasteiger partial charge in [0, 0.05) is 11.6 Å². The van der Waals surface area contributed by atoms with Crippen LogP contribution < -0.4 is 10.1 Å². The van der Waals surface area contributed by atoms with Gasteiger partial charge in [-0.25, -0.2) is 0 Å². The Bertz CT molecular complexity index is 597. The van der Waals surface area contributed by atoms with Gasteiger partial charge >= 0.3 is 0 Å². The monoisotopic (exact) mass is 269 g/mol. The summed E-state index contributed by atoms with van der Waals surface area (Å²) in [7, 11) is 0. The maximum absolute atomic E-state index is 5.87. The van der Waals surface area contributed by atoms with E-state index in [-0.39, 0.29) is 0 Å². The first-order chi connectivity index (χ1) is 9.88. The Kier molecular flexibility index (Phi) is 3.00. The number of hydrogen-bond acceptors (Lipinski definition) is 3. The van der Waals surface area contributed by atoms with E-state index in [1.165, 1.54) is 36.8 Å². The molecule has 4 rings (SSSR count). The normalized spacial score (nSPS) is 18.2. The Balaban J connectivity index is 1.54. The van der Waals surface area contributed by atoms with Crippen LogP contribution in [0, 0.1) is 0 Å². The molecule has 2 saturated carbocycles. The van der Waals surface area contributed by atoms with Crippen LogP contribution in [0.5, 0.6) is 5.75 Å². The maximum Gasteiger partial charge on any atom is 0.125 e. The molecule has 3 nitrogen and oxygen atoms in total. The van der Waals surface area contributed by atoms with E-state index in [0.29, 0.717) is 12.1 Å². The average molecular weight is 269 g/mol. The van der Waals surface area contributed by atoms with E-state index in [1.54, 1.807) is 6.26 Å². The van der Waals surface area contributed by atoms with Crippen LogP contribution in [0.2, 0.25) is 0 Å². The molecule has 20 heavy (non-hydrogen) atoms. The highest BCUT2D eigenvalue weighted by atomic mass is 16.5. The van der Waals surface area contributed by atoms with Crippen LogP contribution in [0.15, 0.2) is 41.0 Å². The van der Waals surface area contributed by atoms with Crippen LogP contribution in [-0.2, 0) is 6.54 Å². The Hall–Kier alpha value is -1.74. The lowest BCUT2D eigenvalue weighted by Gasteiger charge is -2.08. The topological polar surface area (TPSA) is 34.4 Å². The Morgan fingerprint density at radius 3 is 2.85 bits per heavy atom. The molecule has 0 bridgehead atoms. The second kappa shape index (κ2) is 4.98. The van der Waals surface area contributed by atoms with Crippen molar-refractivity contribution in [3.8, 4) is 16.9 Å². The minimum atomic E-state index is 0.436. The van der Waals surface area contributed by atoms with Gasteiger partial charge in [-0.2, -0.15) is 0 Å². The molecule has 2 aromatic rings. The molecule has 0 spiro atoms. The second-order valence-electron chi connectivity index (χ2n) is 5.76. The van der Waals surface area contributed by atoms with Gasteiger partial charge in [-0.1, -0.05) is 12.1 Å². The van der Waals surface area contributed by atoms with Gasteiger partial charge in [-0.05, 0) is 49.4 Å². The highest BCUT2D eigenvalue weighted by Crippen LogP contribution is 2.32. The lowest BCUT2D eigenvalue weighted by atomic mass is 10.1. The van der Waals surface area contributed by atoms with Gasteiger partial charge in [-0.3, -0.25) is 0 Å². The first-order valence-electron chi connectivity index (χ1n) is 7.45. The van der Waals surface area contributed by atoms with E-state index in [2.05, 4.69) is 23.5 Å². The fourth-order valence-corrected chi connectivity index (χ4v) is 2.37. The molecule has 0 unspecified atom stereocenters. The number of benzene rings is 1. The third-order valence-corrected chi connectivity index (χ3v) is 3.85. The molecule has 0 atom stereocenters. The van der Waals surface area contributed by atoms with E-state index in [4.69, 9.17) is 9.15 Å². The summed E-state index contributed by atoms with van der Waals surface area (Å²) in [6, 6.07) is 11.1. The first kappa shape index (κ1) is 12.0. The van der Waals surface area contributed by atoms with Gasteiger partial charge in [0.1, 0.15) is 11.5 Å². The molecule has 2 aliphatic carbocycles. The van der Waals surface area contributed by atoms with Crippen LogP contribution in [-0.4, -0.2) is 12.1 Å². The lowest BCUT2D eigenvalue weighted by molar-refractivity contribution is 0.303. The molecular weight excluding hydrogens is 250 g/mol. The largest absolute Gasteiger partial charge is 0.490 e. The number of rotatable bonds is 6. The first-order valence-corrected chi connectivity index (χ1v) is 7.45. The highest BCUT2D eigenvalue weighted by Gasteiger charge is 2.24. The maximum atomic E-state index is 5.87. The number of hydrogen-bond donors (Lipinski definition) is 1. The van der Waals surface area contributed by atoms with E-state index in [9.17, 15) is 0 Å². The SMILES string of the molecule is c1cc(OC2CC2)cc(-c2ccoc2CNC2CC2)c1. The predicted molar refractivity (Wildman–Crippen MR) is 77.7 cm³/mol. The summed E-state index contributed by atoms with van der Waals surface area (Å²) in [5.41, 5.74) is 2.34. The van der Waals surface area contributed by atoms with Crippen LogP contribution >= 0.6 is 0 Å². The number of ether oxygens (including phenoxy) is 1. The van der Waals surface area contributed by atoms with Crippen LogP contribution in [0.4, 0.5) is 0 Å². The van der Waals surface area contributed by atoms with Crippen LogP contribution in [0.1, 0.15) is 31.4 Å².